The van der Waals surface area contributed by atoms with E-state index in [-0.39, 0.29) is 24.9 Å². The number of aliphatic hydroxyl groups is 1. The van der Waals surface area contributed by atoms with E-state index < -0.39 is 12.3 Å². The van der Waals surface area contributed by atoms with Crippen molar-refractivity contribution < 1.29 is 13.9 Å². The molecule has 0 radical (unpaired) electrons. The minimum Gasteiger partial charge on any atom is -0.396 e. The summed E-state index contributed by atoms with van der Waals surface area (Å²) in [6.07, 6.45) is -2.30. The van der Waals surface area contributed by atoms with Crippen LogP contribution < -0.4 is 5.32 Å². The molecule has 0 amide bonds. The predicted molar refractivity (Wildman–Crippen MR) is 40.2 cm³/mol. The van der Waals surface area contributed by atoms with E-state index >= 15 is 0 Å². The minimum atomic E-state index is -2.30. The maximum Gasteiger partial charge on any atom is 0.243 e. The van der Waals surface area contributed by atoms with Crippen LogP contribution in [0, 0.1) is 11.8 Å². The summed E-state index contributed by atoms with van der Waals surface area (Å²) in [6.45, 7) is 0.719. The molecular weight excluding hydrogens is 176 g/mol. The van der Waals surface area contributed by atoms with Gasteiger partial charge in [0.25, 0.3) is 0 Å². The molecule has 11 heavy (non-hydrogen) atoms. The molecule has 2 unspecified atom stereocenters. The number of hydrogen-bond donors (Lipinski definition) is 2. The molecule has 68 valence electrons. The highest BCUT2D eigenvalue weighted by molar-refractivity contribution is 5.85. The molecular formula is C6H12ClF2NO. The average Bonchev–Trinajstić information content (AvgIpc) is 2.33. The Kier molecular flexibility index (Phi) is 4.88. The fraction of sp³-hybridized carbons (Fsp3) is 1.00. The third-order valence-electron chi connectivity index (χ3n) is 1.95. The highest BCUT2D eigenvalue weighted by Crippen LogP contribution is 2.22. The van der Waals surface area contributed by atoms with Crippen molar-refractivity contribution in [1.29, 1.82) is 0 Å². The fourth-order valence-electron chi connectivity index (χ4n) is 1.25. The Labute approximate surface area is 70.4 Å². The second kappa shape index (κ2) is 4.85. The van der Waals surface area contributed by atoms with Gasteiger partial charge in [0.1, 0.15) is 0 Å². The fourth-order valence-corrected chi connectivity index (χ4v) is 1.25. The Morgan fingerprint density at radius 3 is 2.45 bits per heavy atom. The molecule has 1 fully saturated rings. The van der Waals surface area contributed by atoms with Crippen molar-refractivity contribution in [2.45, 2.75) is 6.43 Å². The number of aliphatic hydroxyl groups excluding tert-OH is 1. The van der Waals surface area contributed by atoms with E-state index in [0.29, 0.717) is 13.1 Å². The molecule has 1 saturated heterocycles. The molecule has 2 atom stereocenters. The maximum absolute atomic E-state index is 12.0. The van der Waals surface area contributed by atoms with Crippen molar-refractivity contribution in [3.05, 3.63) is 0 Å². The van der Waals surface area contributed by atoms with Crippen LogP contribution in [0.15, 0.2) is 0 Å². The molecule has 0 aliphatic carbocycles. The van der Waals surface area contributed by atoms with Crippen LogP contribution in [-0.2, 0) is 0 Å². The van der Waals surface area contributed by atoms with Gasteiger partial charge in [-0.05, 0) is 0 Å². The Bertz CT molecular complexity index is 115. The summed E-state index contributed by atoms with van der Waals surface area (Å²) in [6, 6.07) is 0. The molecule has 0 spiro atoms. The van der Waals surface area contributed by atoms with Crippen LogP contribution in [0.25, 0.3) is 0 Å². The number of nitrogens with one attached hydrogen (secondary N) is 1. The van der Waals surface area contributed by atoms with Crippen molar-refractivity contribution in [1.82, 2.24) is 5.32 Å². The van der Waals surface area contributed by atoms with E-state index in [2.05, 4.69) is 5.32 Å². The van der Waals surface area contributed by atoms with E-state index in [9.17, 15) is 8.78 Å². The van der Waals surface area contributed by atoms with Crippen molar-refractivity contribution in [3.63, 3.8) is 0 Å². The molecule has 2 nitrogen and oxygen atoms in total. The van der Waals surface area contributed by atoms with Crippen molar-refractivity contribution in [2.75, 3.05) is 19.7 Å². The summed E-state index contributed by atoms with van der Waals surface area (Å²) in [7, 11) is 0. The second-order valence-electron chi connectivity index (χ2n) is 2.60. The third-order valence-corrected chi connectivity index (χ3v) is 1.95. The van der Waals surface area contributed by atoms with Crippen LogP contribution in [0.2, 0.25) is 0 Å². The van der Waals surface area contributed by atoms with Crippen molar-refractivity contribution in [2.24, 2.45) is 11.8 Å². The van der Waals surface area contributed by atoms with E-state index in [4.69, 9.17) is 5.11 Å². The molecule has 0 aromatic heterocycles. The highest BCUT2D eigenvalue weighted by atomic mass is 35.5. The quantitative estimate of drug-likeness (QED) is 0.660. The molecule has 5 heteroatoms. The summed E-state index contributed by atoms with van der Waals surface area (Å²) >= 11 is 0. The van der Waals surface area contributed by atoms with E-state index in [0.717, 1.165) is 0 Å². The lowest BCUT2D eigenvalue weighted by molar-refractivity contribution is 0.0475. The normalized spacial score (nSPS) is 30.5. The van der Waals surface area contributed by atoms with Crippen LogP contribution in [-0.4, -0.2) is 31.2 Å². The standard InChI is InChI=1S/C6H11F2NO.ClH/c7-6(8)5-2-9-1-4(5)3-10;/h4-6,9-10H,1-3H2;1H. The molecule has 2 N–H and O–H groups in total. The van der Waals surface area contributed by atoms with Crippen LogP contribution in [0.5, 0.6) is 0 Å². The molecule has 1 aliphatic heterocycles. The van der Waals surface area contributed by atoms with E-state index in [1.54, 1.807) is 0 Å². The van der Waals surface area contributed by atoms with Gasteiger partial charge >= 0.3 is 0 Å². The largest absolute Gasteiger partial charge is 0.396 e. The average molecular weight is 188 g/mol. The van der Waals surface area contributed by atoms with Crippen LogP contribution in [0.1, 0.15) is 0 Å². The zero-order valence-corrected chi connectivity index (χ0v) is 6.78. The molecule has 1 aliphatic rings. The highest BCUT2D eigenvalue weighted by Gasteiger charge is 2.33. The van der Waals surface area contributed by atoms with Gasteiger partial charge in [0.15, 0.2) is 0 Å². The first kappa shape index (κ1) is 11.1. The predicted octanol–water partition coefficient (Wildman–Crippen LogP) is 0.501. The molecule has 1 rings (SSSR count). The monoisotopic (exact) mass is 187 g/mol. The Morgan fingerprint density at radius 2 is 2.09 bits per heavy atom. The van der Waals surface area contributed by atoms with Gasteiger partial charge in [-0.1, -0.05) is 0 Å². The topological polar surface area (TPSA) is 32.3 Å². The first-order valence-electron chi connectivity index (χ1n) is 3.35. The molecule has 0 saturated carbocycles. The van der Waals surface area contributed by atoms with Gasteiger partial charge < -0.3 is 10.4 Å². The maximum atomic E-state index is 12.0. The number of rotatable bonds is 2. The summed E-state index contributed by atoms with van der Waals surface area (Å²) in [5, 5.41) is 11.4. The second-order valence-corrected chi connectivity index (χ2v) is 2.60. The van der Waals surface area contributed by atoms with Crippen molar-refractivity contribution >= 4 is 12.4 Å². The van der Waals surface area contributed by atoms with Gasteiger partial charge in [-0.2, -0.15) is 0 Å². The summed E-state index contributed by atoms with van der Waals surface area (Å²) < 4.78 is 24.1. The van der Waals surface area contributed by atoms with Crippen LogP contribution in [0.3, 0.4) is 0 Å². The van der Waals surface area contributed by atoms with E-state index in [1.807, 2.05) is 0 Å². The van der Waals surface area contributed by atoms with Gasteiger partial charge in [0.05, 0.1) is 0 Å². The molecule has 1 heterocycles. The third kappa shape index (κ3) is 2.54. The van der Waals surface area contributed by atoms with Gasteiger partial charge in [-0.15, -0.1) is 12.4 Å². The van der Waals surface area contributed by atoms with Gasteiger partial charge in [0, 0.05) is 31.5 Å². The van der Waals surface area contributed by atoms with Gasteiger partial charge in [0.2, 0.25) is 6.43 Å². The first-order chi connectivity index (χ1) is 4.75. The zero-order chi connectivity index (χ0) is 7.56. The number of hydrogen-bond acceptors (Lipinski definition) is 2. The van der Waals surface area contributed by atoms with Gasteiger partial charge in [-0.3, -0.25) is 0 Å². The smallest absolute Gasteiger partial charge is 0.243 e. The zero-order valence-electron chi connectivity index (χ0n) is 5.96. The lowest BCUT2D eigenvalue weighted by Gasteiger charge is -2.13. The first-order valence-corrected chi connectivity index (χ1v) is 3.35. The summed E-state index contributed by atoms with van der Waals surface area (Å²) in [4.78, 5) is 0. The van der Waals surface area contributed by atoms with Crippen molar-refractivity contribution in [3.8, 4) is 0 Å². The lowest BCUT2D eigenvalue weighted by atomic mass is 9.98. The lowest BCUT2D eigenvalue weighted by Crippen LogP contribution is -2.22. The molecule has 0 aromatic rings. The Morgan fingerprint density at radius 1 is 1.45 bits per heavy atom. The van der Waals surface area contributed by atoms with E-state index in [1.165, 1.54) is 0 Å². The summed E-state index contributed by atoms with van der Waals surface area (Å²) in [5.74, 6) is -0.898. The number of halogens is 3. The number of alkyl halides is 2. The molecule has 0 bridgehead atoms. The SMILES string of the molecule is Cl.OCC1CNCC1C(F)F. The Hall–Kier alpha value is 0.0700. The Balaban J connectivity index is 0.000001000. The minimum absolute atomic E-state index is 0. The summed E-state index contributed by atoms with van der Waals surface area (Å²) in [5.41, 5.74) is 0. The molecule has 0 aromatic carbocycles. The van der Waals surface area contributed by atoms with Crippen LogP contribution >= 0.6 is 12.4 Å². The van der Waals surface area contributed by atoms with Crippen LogP contribution in [0.4, 0.5) is 8.78 Å². The van der Waals surface area contributed by atoms with Gasteiger partial charge in [-0.25, -0.2) is 8.78 Å².